The first-order valence-corrected chi connectivity index (χ1v) is 11.0. The smallest absolute Gasteiger partial charge is 0.335 e. The fraction of sp³-hybridized carbons (Fsp3) is 0.107. The van der Waals surface area contributed by atoms with Crippen molar-refractivity contribution < 1.29 is 14.4 Å². The van der Waals surface area contributed by atoms with E-state index in [1.165, 1.54) is 5.56 Å². The average molecular weight is 450 g/mol. The Morgan fingerprint density at radius 1 is 0.824 bits per heavy atom. The Morgan fingerprint density at radius 3 is 2.18 bits per heavy atom. The molecule has 1 aromatic heterocycles. The minimum atomic E-state index is -0.752. The molecular weight excluding hydrogens is 426 g/mol. The molecule has 4 aromatic rings. The van der Waals surface area contributed by atoms with Crippen molar-refractivity contribution in [2.24, 2.45) is 0 Å². The minimum Gasteiger partial charge on any atom is -0.342 e. The SMILES string of the molecule is Cc1ccc(Cn2cc(C=C3C(=O)NC(=O)N(c4ccc(C)cc4)C3=O)c3ccccc32)cc1. The van der Waals surface area contributed by atoms with E-state index in [1.807, 2.05) is 49.5 Å². The number of nitrogens with zero attached hydrogens (tertiary/aromatic N) is 2. The molecule has 4 amide bonds. The summed E-state index contributed by atoms with van der Waals surface area (Å²) in [6, 6.07) is 22.4. The average Bonchev–Trinajstić information content (AvgIpc) is 3.16. The second-order valence-electron chi connectivity index (χ2n) is 8.51. The second kappa shape index (κ2) is 8.48. The number of urea groups is 1. The van der Waals surface area contributed by atoms with Gasteiger partial charge in [0.05, 0.1) is 5.69 Å². The number of aryl methyl sites for hydroxylation is 2. The molecule has 0 aliphatic carbocycles. The van der Waals surface area contributed by atoms with Gasteiger partial charge in [-0.1, -0.05) is 65.7 Å². The third-order valence-corrected chi connectivity index (χ3v) is 5.99. The van der Waals surface area contributed by atoms with Crippen molar-refractivity contribution in [2.75, 3.05) is 4.90 Å². The van der Waals surface area contributed by atoms with Crippen LogP contribution in [0.5, 0.6) is 0 Å². The first kappa shape index (κ1) is 21.4. The molecule has 1 fully saturated rings. The van der Waals surface area contributed by atoms with Gasteiger partial charge in [-0.05, 0) is 43.7 Å². The summed E-state index contributed by atoms with van der Waals surface area (Å²) in [4.78, 5) is 39.4. The molecule has 0 spiro atoms. The lowest BCUT2D eigenvalue weighted by atomic mass is 10.1. The number of aromatic nitrogens is 1. The normalized spacial score (nSPS) is 15.3. The monoisotopic (exact) mass is 449 g/mol. The molecule has 1 N–H and O–H groups in total. The zero-order chi connectivity index (χ0) is 23.8. The van der Waals surface area contributed by atoms with Crippen molar-refractivity contribution in [3.8, 4) is 0 Å². The molecule has 1 saturated heterocycles. The summed E-state index contributed by atoms with van der Waals surface area (Å²) in [5.41, 5.74) is 5.40. The molecule has 6 heteroatoms. The van der Waals surface area contributed by atoms with Crippen molar-refractivity contribution in [1.29, 1.82) is 0 Å². The van der Waals surface area contributed by atoms with E-state index in [4.69, 9.17) is 0 Å². The zero-order valence-corrected chi connectivity index (χ0v) is 18.9. The van der Waals surface area contributed by atoms with Crippen LogP contribution in [0, 0.1) is 13.8 Å². The molecule has 0 unspecified atom stereocenters. The van der Waals surface area contributed by atoms with Gasteiger partial charge in [-0.3, -0.25) is 14.9 Å². The zero-order valence-electron chi connectivity index (χ0n) is 18.9. The second-order valence-corrected chi connectivity index (χ2v) is 8.51. The fourth-order valence-corrected chi connectivity index (χ4v) is 4.15. The molecule has 0 atom stereocenters. The Bertz CT molecular complexity index is 1460. The predicted octanol–water partition coefficient (Wildman–Crippen LogP) is 4.97. The van der Waals surface area contributed by atoms with Gasteiger partial charge in [0.2, 0.25) is 0 Å². The summed E-state index contributed by atoms with van der Waals surface area (Å²) in [6.45, 7) is 4.62. The molecule has 5 rings (SSSR count). The van der Waals surface area contributed by atoms with Crippen LogP contribution in [-0.2, 0) is 16.1 Å². The van der Waals surface area contributed by atoms with Crippen LogP contribution in [0.1, 0.15) is 22.3 Å². The van der Waals surface area contributed by atoms with Crippen molar-refractivity contribution in [3.63, 3.8) is 0 Å². The molecule has 3 aromatic carbocycles. The Labute approximate surface area is 197 Å². The standard InChI is InChI=1S/C28H23N3O3/c1-18-7-11-20(12-8-18)16-30-17-21(23-5-3-4-6-25(23)30)15-24-26(32)29-28(34)31(27(24)33)22-13-9-19(2)10-14-22/h3-15,17H,16H2,1-2H3,(H,29,32,34). The van der Waals surface area contributed by atoms with Crippen molar-refractivity contribution in [3.05, 3.63) is 107 Å². The third-order valence-electron chi connectivity index (χ3n) is 5.99. The van der Waals surface area contributed by atoms with Gasteiger partial charge in [0.25, 0.3) is 11.8 Å². The van der Waals surface area contributed by atoms with Crippen LogP contribution in [0.25, 0.3) is 17.0 Å². The summed E-state index contributed by atoms with van der Waals surface area (Å²) < 4.78 is 2.10. The number of fused-ring (bicyclic) bond motifs is 1. The molecule has 0 radical (unpaired) electrons. The summed E-state index contributed by atoms with van der Waals surface area (Å²) in [5, 5.41) is 3.21. The predicted molar refractivity (Wildman–Crippen MR) is 132 cm³/mol. The first-order valence-electron chi connectivity index (χ1n) is 11.0. The van der Waals surface area contributed by atoms with Gasteiger partial charge in [0.15, 0.2) is 0 Å². The van der Waals surface area contributed by atoms with Gasteiger partial charge in [0.1, 0.15) is 5.57 Å². The summed E-state index contributed by atoms with van der Waals surface area (Å²) in [5.74, 6) is -1.35. The lowest BCUT2D eigenvalue weighted by Gasteiger charge is -2.26. The molecular formula is C28H23N3O3. The number of nitrogens with one attached hydrogen (secondary N) is 1. The Balaban J connectivity index is 1.56. The van der Waals surface area contributed by atoms with Crippen LogP contribution in [0.4, 0.5) is 10.5 Å². The number of hydrogen-bond acceptors (Lipinski definition) is 3. The van der Waals surface area contributed by atoms with Gasteiger partial charge in [-0.15, -0.1) is 0 Å². The highest BCUT2D eigenvalue weighted by atomic mass is 16.2. The summed E-state index contributed by atoms with van der Waals surface area (Å²) >= 11 is 0. The summed E-state index contributed by atoms with van der Waals surface area (Å²) in [6.07, 6.45) is 3.50. The van der Waals surface area contributed by atoms with E-state index in [9.17, 15) is 14.4 Å². The molecule has 34 heavy (non-hydrogen) atoms. The van der Waals surface area contributed by atoms with Crippen LogP contribution < -0.4 is 10.2 Å². The Morgan fingerprint density at radius 2 is 1.47 bits per heavy atom. The summed E-state index contributed by atoms with van der Waals surface area (Å²) in [7, 11) is 0. The van der Waals surface area contributed by atoms with Gasteiger partial charge < -0.3 is 4.57 Å². The van der Waals surface area contributed by atoms with E-state index in [2.05, 4.69) is 41.1 Å². The van der Waals surface area contributed by atoms with Crippen molar-refractivity contribution in [2.45, 2.75) is 20.4 Å². The highest BCUT2D eigenvalue weighted by Gasteiger charge is 2.37. The number of barbiturate groups is 1. The topological polar surface area (TPSA) is 71.4 Å². The van der Waals surface area contributed by atoms with E-state index in [-0.39, 0.29) is 5.57 Å². The lowest BCUT2D eigenvalue weighted by Crippen LogP contribution is -2.54. The van der Waals surface area contributed by atoms with E-state index in [0.717, 1.165) is 32.5 Å². The number of imide groups is 2. The lowest BCUT2D eigenvalue weighted by molar-refractivity contribution is -0.122. The van der Waals surface area contributed by atoms with Crippen LogP contribution in [0.2, 0.25) is 0 Å². The van der Waals surface area contributed by atoms with Crippen molar-refractivity contribution in [1.82, 2.24) is 9.88 Å². The number of para-hydroxylation sites is 1. The number of carbonyl (C=O) groups is 3. The Kier molecular flexibility index (Phi) is 5.34. The quantitative estimate of drug-likeness (QED) is 0.353. The van der Waals surface area contributed by atoms with Crippen LogP contribution >= 0.6 is 0 Å². The molecule has 2 heterocycles. The molecule has 168 valence electrons. The Hall–Kier alpha value is -4.45. The highest BCUT2D eigenvalue weighted by molar-refractivity contribution is 6.39. The van der Waals surface area contributed by atoms with E-state index in [0.29, 0.717) is 12.2 Å². The maximum Gasteiger partial charge on any atom is 0.335 e. The van der Waals surface area contributed by atoms with Gasteiger partial charge in [-0.2, -0.15) is 0 Å². The number of rotatable bonds is 4. The van der Waals surface area contributed by atoms with Crippen molar-refractivity contribution >= 4 is 40.5 Å². The fourth-order valence-electron chi connectivity index (χ4n) is 4.15. The molecule has 0 saturated carbocycles. The maximum absolute atomic E-state index is 13.3. The maximum atomic E-state index is 13.3. The first-order chi connectivity index (χ1) is 16.4. The van der Waals surface area contributed by atoms with Crippen LogP contribution in [0.15, 0.2) is 84.6 Å². The molecule has 0 bridgehead atoms. The van der Waals surface area contributed by atoms with Gasteiger partial charge >= 0.3 is 6.03 Å². The van der Waals surface area contributed by atoms with Gasteiger partial charge in [0, 0.05) is 29.2 Å². The molecule has 1 aliphatic heterocycles. The number of carbonyl (C=O) groups excluding carboxylic acids is 3. The van der Waals surface area contributed by atoms with Crippen LogP contribution in [0.3, 0.4) is 0 Å². The molecule has 6 nitrogen and oxygen atoms in total. The number of benzene rings is 3. The minimum absolute atomic E-state index is 0.0848. The number of amides is 4. The van der Waals surface area contributed by atoms with E-state index in [1.54, 1.807) is 18.2 Å². The van der Waals surface area contributed by atoms with E-state index >= 15 is 0 Å². The highest BCUT2D eigenvalue weighted by Crippen LogP contribution is 2.27. The van der Waals surface area contributed by atoms with Crippen LogP contribution in [-0.4, -0.2) is 22.4 Å². The third kappa shape index (κ3) is 3.90. The molecule has 1 aliphatic rings. The number of hydrogen-bond donors (Lipinski definition) is 1. The largest absolute Gasteiger partial charge is 0.342 e. The van der Waals surface area contributed by atoms with E-state index < -0.39 is 17.8 Å². The van der Waals surface area contributed by atoms with Gasteiger partial charge in [-0.25, -0.2) is 9.69 Å². The number of anilines is 1.